The maximum atomic E-state index is 13.8. The molecule has 1 atom stereocenters. The fraction of sp³-hybridized carbons (Fsp3) is 0.156. The van der Waals surface area contributed by atoms with Gasteiger partial charge in [0.15, 0.2) is 0 Å². The molecule has 2 amide bonds. The highest BCUT2D eigenvalue weighted by molar-refractivity contribution is 5.95. The van der Waals surface area contributed by atoms with Crippen LogP contribution in [-0.4, -0.2) is 33.0 Å². The maximum absolute atomic E-state index is 13.8. The molecule has 7 nitrogen and oxygen atoms in total. The number of nitrogens with zero attached hydrogens (tertiary/aromatic N) is 3. The highest BCUT2D eigenvalue weighted by atomic mass is 16.3. The highest BCUT2D eigenvalue weighted by Gasteiger charge is 2.27. The minimum Gasteiger partial charge on any atom is -0.467 e. The van der Waals surface area contributed by atoms with Gasteiger partial charge in [-0.3, -0.25) is 9.59 Å². The Morgan fingerprint density at radius 1 is 0.897 bits per heavy atom. The van der Waals surface area contributed by atoms with E-state index in [-0.39, 0.29) is 30.8 Å². The lowest BCUT2D eigenvalue weighted by atomic mass is 9.95. The number of furan rings is 1. The van der Waals surface area contributed by atoms with E-state index in [4.69, 9.17) is 9.52 Å². The van der Waals surface area contributed by atoms with E-state index in [0.29, 0.717) is 18.0 Å². The van der Waals surface area contributed by atoms with Gasteiger partial charge < -0.3 is 14.6 Å². The van der Waals surface area contributed by atoms with Crippen LogP contribution in [0.5, 0.6) is 0 Å². The average molecular weight is 519 g/mol. The standard InChI is InChI=1S/C32H30N4O3/c1-2-28(24-13-6-3-7-14-24)32(38)35(22-27-19-12-20-39-27)23-31(37)33-30-21-29(25-15-8-4-9-16-25)34-36(30)26-17-10-5-11-18-26/h3-21,28H,2,22-23H2,1H3,(H,33,37). The largest absolute Gasteiger partial charge is 0.467 e. The summed E-state index contributed by atoms with van der Waals surface area (Å²) in [5.74, 6) is 0.310. The number of carbonyl (C=O) groups excluding carboxylic acids is 2. The number of hydrogen-bond donors (Lipinski definition) is 1. The predicted octanol–water partition coefficient (Wildman–Crippen LogP) is 6.29. The Morgan fingerprint density at radius 3 is 2.21 bits per heavy atom. The molecule has 0 bridgehead atoms. The van der Waals surface area contributed by atoms with Crippen LogP contribution in [0, 0.1) is 0 Å². The second kappa shape index (κ2) is 12.1. The molecule has 0 aliphatic heterocycles. The second-order valence-corrected chi connectivity index (χ2v) is 9.22. The summed E-state index contributed by atoms with van der Waals surface area (Å²) in [5.41, 5.74) is 3.40. The molecule has 5 rings (SSSR count). The molecule has 7 heteroatoms. The topological polar surface area (TPSA) is 80.4 Å². The molecule has 0 aliphatic carbocycles. The number of carbonyl (C=O) groups is 2. The van der Waals surface area contributed by atoms with Gasteiger partial charge in [0.2, 0.25) is 11.8 Å². The number of aromatic nitrogens is 2. The third-order valence-electron chi connectivity index (χ3n) is 6.53. The smallest absolute Gasteiger partial charge is 0.245 e. The number of nitrogens with one attached hydrogen (secondary N) is 1. The Bertz CT molecular complexity index is 1500. The zero-order valence-corrected chi connectivity index (χ0v) is 21.7. The first-order valence-electron chi connectivity index (χ1n) is 13.0. The maximum Gasteiger partial charge on any atom is 0.245 e. The van der Waals surface area contributed by atoms with Gasteiger partial charge in [0, 0.05) is 11.6 Å². The zero-order chi connectivity index (χ0) is 27.0. The van der Waals surface area contributed by atoms with Gasteiger partial charge in [0.1, 0.15) is 18.1 Å². The van der Waals surface area contributed by atoms with Crippen molar-refractivity contribution in [3.05, 3.63) is 127 Å². The molecule has 2 heterocycles. The SMILES string of the molecule is CCC(C(=O)N(CC(=O)Nc1cc(-c2ccccc2)nn1-c1ccccc1)Cc1ccco1)c1ccccc1. The van der Waals surface area contributed by atoms with Gasteiger partial charge in [-0.15, -0.1) is 0 Å². The molecule has 0 radical (unpaired) electrons. The Hall–Kier alpha value is -4.91. The molecule has 0 spiro atoms. The Morgan fingerprint density at radius 2 is 1.56 bits per heavy atom. The average Bonchev–Trinajstić information content (AvgIpc) is 3.65. The number of anilines is 1. The first kappa shape index (κ1) is 25.7. The van der Waals surface area contributed by atoms with E-state index in [1.165, 1.54) is 0 Å². The quantitative estimate of drug-likeness (QED) is 0.236. The van der Waals surface area contributed by atoms with Crippen LogP contribution in [0.3, 0.4) is 0 Å². The monoisotopic (exact) mass is 518 g/mol. The van der Waals surface area contributed by atoms with Crippen LogP contribution in [-0.2, 0) is 16.1 Å². The van der Waals surface area contributed by atoms with Gasteiger partial charge in [-0.1, -0.05) is 85.8 Å². The van der Waals surface area contributed by atoms with Gasteiger partial charge >= 0.3 is 0 Å². The molecule has 39 heavy (non-hydrogen) atoms. The van der Waals surface area contributed by atoms with Gasteiger partial charge in [0.05, 0.1) is 30.1 Å². The van der Waals surface area contributed by atoms with Crippen LogP contribution in [0.15, 0.2) is 120 Å². The van der Waals surface area contributed by atoms with Crippen LogP contribution < -0.4 is 5.32 Å². The van der Waals surface area contributed by atoms with Crippen molar-refractivity contribution in [1.29, 1.82) is 0 Å². The number of amides is 2. The summed E-state index contributed by atoms with van der Waals surface area (Å²) in [7, 11) is 0. The van der Waals surface area contributed by atoms with Crippen molar-refractivity contribution in [2.45, 2.75) is 25.8 Å². The van der Waals surface area contributed by atoms with Crippen LogP contribution in [0.4, 0.5) is 5.82 Å². The lowest BCUT2D eigenvalue weighted by Crippen LogP contribution is -2.40. The summed E-state index contributed by atoms with van der Waals surface area (Å²) in [4.78, 5) is 28.8. The summed E-state index contributed by atoms with van der Waals surface area (Å²) in [6.45, 7) is 2.03. The Kier molecular flexibility index (Phi) is 7.98. The van der Waals surface area contributed by atoms with Crippen molar-refractivity contribution in [3.8, 4) is 16.9 Å². The van der Waals surface area contributed by atoms with Crippen LogP contribution in [0.25, 0.3) is 16.9 Å². The van der Waals surface area contributed by atoms with Gasteiger partial charge in [-0.2, -0.15) is 5.10 Å². The molecule has 1 N–H and O–H groups in total. The fourth-order valence-electron chi connectivity index (χ4n) is 4.60. The van der Waals surface area contributed by atoms with Crippen LogP contribution in [0.2, 0.25) is 0 Å². The van der Waals surface area contributed by atoms with E-state index < -0.39 is 0 Å². The predicted molar refractivity (Wildman–Crippen MR) is 151 cm³/mol. The molecule has 0 fully saturated rings. The van der Waals surface area contributed by atoms with E-state index in [1.54, 1.807) is 28.0 Å². The van der Waals surface area contributed by atoms with E-state index in [1.807, 2.05) is 104 Å². The summed E-state index contributed by atoms with van der Waals surface area (Å²) in [6, 6.07) is 34.5. The summed E-state index contributed by atoms with van der Waals surface area (Å²) in [6.07, 6.45) is 2.18. The Balaban J connectivity index is 1.42. The third kappa shape index (κ3) is 6.15. The molecule has 0 saturated carbocycles. The molecule has 3 aromatic carbocycles. The first-order chi connectivity index (χ1) is 19.1. The van der Waals surface area contributed by atoms with Gasteiger partial charge in [0.25, 0.3) is 0 Å². The first-order valence-corrected chi connectivity index (χ1v) is 13.0. The van der Waals surface area contributed by atoms with Crippen molar-refractivity contribution in [1.82, 2.24) is 14.7 Å². The van der Waals surface area contributed by atoms with E-state index in [0.717, 1.165) is 22.5 Å². The summed E-state index contributed by atoms with van der Waals surface area (Å²) in [5, 5.41) is 7.76. The summed E-state index contributed by atoms with van der Waals surface area (Å²) < 4.78 is 7.23. The van der Waals surface area contributed by atoms with E-state index in [2.05, 4.69) is 5.32 Å². The number of rotatable bonds is 10. The van der Waals surface area contributed by atoms with Crippen molar-refractivity contribution < 1.29 is 14.0 Å². The lowest BCUT2D eigenvalue weighted by Gasteiger charge is -2.26. The zero-order valence-electron chi connectivity index (χ0n) is 21.7. The highest BCUT2D eigenvalue weighted by Crippen LogP contribution is 2.26. The molecule has 0 aliphatic rings. The van der Waals surface area contributed by atoms with E-state index >= 15 is 0 Å². The number of benzene rings is 3. The lowest BCUT2D eigenvalue weighted by molar-refractivity contribution is -0.137. The van der Waals surface area contributed by atoms with Crippen molar-refractivity contribution in [2.24, 2.45) is 0 Å². The second-order valence-electron chi connectivity index (χ2n) is 9.22. The van der Waals surface area contributed by atoms with Gasteiger partial charge in [-0.25, -0.2) is 4.68 Å². The molecule has 0 saturated heterocycles. The van der Waals surface area contributed by atoms with Crippen molar-refractivity contribution >= 4 is 17.6 Å². The molecule has 1 unspecified atom stereocenters. The fourth-order valence-corrected chi connectivity index (χ4v) is 4.60. The molecule has 2 aromatic heterocycles. The molecule has 196 valence electrons. The van der Waals surface area contributed by atoms with Crippen LogP contribution in [0.1, 0.15) is 30.6 Å². The normalized spacial score (nSPS) is 11.6. The third-order valence-corrected chi connectivity index (χ3v) is 6.53. The molecular formula is C32H30N4O3. The minimum atomic E-state index is -0.367. The van der Waals surface area contributed by atoms with Crippen LogP contribution >= 0.6 is 0 Å². The number of hydrogen-bond acceptors (Lipinski definition) is 4. The van der Waals surface area contributed by atoms with Gasteiger partial charge in [-0.05, 0) is 36.2 Å². The number of para-hydroxylation sites is 1. The van der Waals surface area contributed by atoms with Crippen molar-refractivity contribution in [2.75, 3.05) is 11.9 Å². The molecular weight excluding hydrogens is 488 g/mol. The van der Waals surface area contributed by atoms with Crippen molar-refractivity contribution in [3.63, 3.8) is 0 Å². The Labute approximate surface area is 227 Å². The summed E-state index contributed by atoms with van der Waals surface area (Å²) >= 11 is 0. The minimum absolute atomic E-state index is 0.128. The van der Waals surface area contributed by atoms with E-state index in [9.17, 15) is 9.59 Å². The molecule has 5 aromatic rings.